The van der Waals surface area contributed by atoms with Crippen LogP contribution in [-0.4, -0.2) is 35.9 Å². The normalized spacial score (nSPS) is 11.6. The maximum atomic E-state index is 13.1. The van der Waals surface area contributed by atoms with E-state index in [9.17, 15) is 9.59 Å². The van der Waals surface area contributed by atoms with Crippen molar-refractivity contribution in [2.45, 2.75) is 53.1 Å². The Morgan fingerprint density at radius 3 is 2.40 bits per heavy atom. The highest BCUT2D eigenvalue weighted by Crippen LogP contribution is 2.21. The SMILES string of the molecule is CCCNC(=O)[C@@H](CC)N(Cc1ccc(C)cc1)C(=O)COc1ccc(Cl)c(C)c1. The third-order valence-electron chi connectivity index (χ3n) is 4.90. The Bertz CT molecular complexity index is 852. The van der Waals surface area contributed by atoms with Gasteiger partial charge in [0.25, 0.3) is 5.91 Å². The van der Waals surface area contributed by atoms with E-state index in [2.05, 4.69) is 5.32 Å². The molecule has 0 bridgehead atoms. The Labute approximate surface area is 184 Å². The van der Waals surface area contributed by atoms with Crippen LogP contribution in [0.5, 0.6) is 5.75 Å². The average Bonchev–Trinajstić information content (AvgIpc) is 2.74. The lowest BCUT2D eigenvalue weighted by molar-refractivity contribution is -0.143. The highest BCUT2D eigenvalue weighted by molar-refractivity contribution is 6.31. The molecule has 0 fully saturated rings. The van der Waals surface area contributed by atoms with Crippen molar-refractivity contribution in [3.8, 4) is 5.75 Å². The summed E-state index contributed by atoms with van der Waals surface area (Å²) in [6.07, 6.45) is 1.36. The Kier molecular flexibility index (Phi) is 9.18. The lowest BCUT2D eigenvalue weighted by Gasteiger charge is -2.30. The van der Waals surface area contributed by atoms with Crippen molar-refractivity contribution in [1.29, 1.82) is 0 Å². The molecule has 0 aliphatic heterocycles. The van der Waals surface area contributed by atoms with Gasteiger partial charge >= 0.3 is 0 Å². The van der Waals surface area contributed by atoms with Gasteiger partial charge in [-0.3, -0.25) is 9.59 Å². The van der Waals surface area contributed by atoms with E-state index in [1.807, 2.05) is 52.0 Å². The molecule has 0 heterocycles. The van der Waals surface area contributed by atoms with Crippen molar-refractivity contribution in [2.24, 2.45) is 0 Å². The van der Waals surface area contributed by atoms with Crippen molar-refractivity contribution in [2.75, 3.05) is 13.2 Å². The van der Waals surface area contributed by atoms with Gasteiger partial charge in [0.05, 0.1) is 0 Å². The second-order valence-corrected chi connectivity index (χ2v) is 7.83. The third kappa shape index (κ3) is 6.77. The summed E-state index contributed by atoms with van der Waals surface area (Å²) in [5.74, 6) is 0.202. The molecule has 0 spiro atoms. The van der Waals surface area contributed by atoms with Gasteiger partial charge < -0.3 is 15.0 Å². The van der Waals surface area contributed by atoms with Gasteiger partial charge in [0.15, 0.2) is 6.61 Å². The molecule has 2 rings (SSSR count). The van der Waals surface area contributed by atoms with E-state index in [1.165, 1.54) is 0 Å². The van der Waals surface area contributed by atoms with Crippen LogP contribution in [0, 0.1) is 13.8 Å². The Hall–Kier alpha value is -2.53. The van der Waals surface area contributed by atoms with E-state index in [0.717, 1.165) is 23.1 Å². The molecule has 2 aromatic rings. The predicted molar refractivity (Wildman–Crippen MR) is 121 cm³/mol. The summed E-state index contributed by atoms with van der Waals surface area (Å²) in [7, 11) is 0. The fourth-order valence-corrected chi connectivity index (χ4v) is 3.23. The maximum absolute atomic E-state index is 13.1. The molecule has 0 unspecified atom stereocenters. The molecular formula is C24H31ClN2O3. The van der Waals surface area contributed by atoms with E-state index in [0.29, 0.717) is 30.3 Å². The van der Waals surface area contributed by atoms with Crippen molar-refractivity contribution >= 4 is 23.4 Å². The van der Waals surface area contributed by atoms with E-state index in [-0.39, 0.29) is 18.4 Å². The van der Waals surface area contributed by atoms with Gasteiger partial charge in [0.2, 0.25) is 5.91 Å². The first-order valence-electron chi connectivity index (χ1n) is 10.4. The highest BCUT2D eigenvalue weighted by Gasteiger charge is 2.28. The van der Waals surface area contributed by atoms with Crippen molar-refractivity contribution in [3.63, 3.8) is 0 Å². The number of halogens is 1. The van der Waals surface area contributed by atoms with E-state index < -0.39 is 6.04 Å². The monoisotopic (exact) mass is 430 g/mol. The maximum Gasteiger partial charge on any atom is 0.261 e. The molecule has 6 heteroatoms. The van der Waals surface area contributed by atoms with Gasteiger partial charge in [-0.1, -0.05) is 55.3 Å². The van der Waals surface area contributed by atoms with E-state index in [1.54, 1.807) is 23.1 Å². The van der Waals surface area contributed by atoms with Gasteiger partial charge in [-0.2, -0.15) is 0 Å². The largest absolute Gasteiger partial charge is 0.484 e. The number of nitrogens with one attached hydrogen (secondary N) is 1. The smallest absolute Gasteiger partial charge is 0.261 e. The minimum Gasteiger partial charge on any atom is -0.484 e. The number of hydrogen-bond acceptors (Lipinski definition) is 3. The van der Waals surface area contributed by atoms with Crippen LogP contribution in [0.4, 0.5) is 0 Å². The highest BCUT2D eigenvalue weighted by atomic mass is 35.5. The summed E-state index contributed by atoms with van der Waals surface area (Å²) in [5.41, 5.74) is 2.99. The second kappa shape index (κ2) is 11.6. The first-order valence-corrected chi connectivity index (χ1v) is 10.7. The van der Waals surface area contributed by atoms with Gasteiger partial charge in [-0.05, 0) is 56.0 Å². The number of carbonyl (C=O) groups excluding carboxylic acids is 2. The summed E-state index contributed by atoms with van der Waals surface area (Å²) in [6, 6.07) is 12.7. The van der Waals surface area contributed by atoms with Gasteiger partial charge in [-0.25, -0.2) is 0 Å². The number of nitrogens with zero attached hydrogens (tertiary/aromatic N) is 1. The third-order valence-corrected chi connectivity index (χ3v) is 5.32. The molecule has 0 aliphatic rings. The van der Waals surface area contributed by atoms with E-state index >= 15 is 0 Å². The Morgan fingerprint density at radius 1 is 1.10 bits per heavy atom. The van der Waals surface area contributed by atoms with E-state index in [4.69, 9.17) is 16.3 Å². The standard InChI is InChI=1S/C24H31ClN2O3/c1-5-13-26-24(29)22(6-2)27(15-19-9-7-17(3)8-10-19)23(28)16-30-20-11-12-21(25)18(4)14-20/h7-12,14,22H,5-6,13,15-16H2,1-4H3,(H,26,29)/t22-/m1/s1. The molecular weight excluding hydrogens is 400 g/mol. The topological polar surface area (TPSA) is 58.6 Å². The minimum atomic E-state index is -0.555. The van der Waals surface area contributed by atoms with Gasteiger partial charge in [0.1, 0.15) is 11.8 Å². The zero-order valence-corrected chi connectivity index (χ0v) is 19.0. The van der Waals surface area contributed by atoms with Crippen LogP contribution in [0.15, 0.2) is 42.5 Å². The summed E-state index contributed by atoms with van der Waals surface area (Å²) >= 11 is 6.06. The van der Waals surface area contributed by atoms with Crippen LogP contribution < -0.4 is 10.1 Å². The second-order valence-electron chi connectivity index (χ2n) is 7.42. The van der Waals surface area contributed by atoms with Crippen LogP contribution >= 0.6 is 11.6 Å². The van der Waals surface area contributed by atoms with Crippen LogP contribution in [0.3, 0.4) is 0 Å². The molecule has 0 saturated heterocycles. The number of aryl methyl sites for hydroxylation is 2. The zero-order chi connectivity index (χ0) is 22.1. The molecule has 1 atom stereocenters. The summed E-state index contributed by atoms with van der Waals surface area (Å²) in [6.45, 7) is 8.59. The van der Waals surface area contributed by atoms with Crippen LogP contribution in [0.1, 0.15) is 43.4 Å². The Balaban J connectivity index is 2.18. The molecule has 5 nitrogen and oxygen atoms in total. The molecule has 2 amide bonds. The Morgan fingerprint density at radius 2 is 1.80 bits per heavy atom. The number of carbonyl (C=O) groups is 2. The number of amides is 2. The fourth-order valence-electron chi connectivity index (χ4n) is 3.11. The van der Waals surface area contributed by atoms with Crippen LogP contribution in [-0.2, 0) is 16.1 Å². The summed E-state index contributed by atoms with van der Waals surface area (Å²) < 4.78 is 5.72. The molecule has 0 saturated carbocycles. The predicted octanol–water partition coefficient (Wildman–Crippen LogP) is 4.67. The summed E-state index contributed by atoms with van der Waals surface area (Å²) in [4.78, 5) is 27.4. The van der Waals surface area contributed by atoms with Gasteiger partial charge in [0, 0.05) is 18.1 Å². The van der Waals surface area contributed by atoms with Crippen molar-refractivity contribution in [1.82, 2.24) is 10.2 Å². The fraction of sp³-hybridized carbons (Fsp3) is 0.417. The lowest BCUT2D eigenvalue weighted by Crippen LogP contribution is -2.50. The molecule has 0 aromatic heterocycles. The molecule has 162 valence electrons. The quantitative estimate of drug-likeness (QED) is 0.595. The average molecular weight is 431 g/mol. The van der Waals surface area contributed by atoms with Crippen molar-refractivity contribution in [3.05, 3.63) is 64.2 Å². The first-order chi connectivity index (χ1) is 14.3. The minimum absolute atomic E-state index is 0.137. The van der Waals surface area contributed by atoms with Crippen LogP contribution in [0.2, 0.25) is 5.02 Å². The molecule has 30 heavy (non-hydrogen) atoms. The molecule has 1 N–H and O–H groups in total. The van der Waals surface area contributed by atoms with Crippen molar-refractivity contribution < 1.29 is 14.3 Å². The number of rotatable bonds is 10. The lowest BCUT2D eigenvalue weighted by atomic mass is 10.1. The van der Waals surface area contributed by atoms with Crippen LogP contribution in [0.25, 0.3) is 0 Å². The molecule has 0 aliphatic carbocycles. The number of hydrogen-bond donors (Lipinski definition) is 1. The number of ether oxygens (including phenoxy) is 1. The number of benzene rings is 2. The zero-order valence-electron chi connectivity index (χ0n) is 18.2. The summed E-state index contributed by atoms with van der Waals surface area (Å²) in [5, 5.41) is 3.56. The van der Waals surface area contributed by atoms with Gasteiger partial charge in [-0.15, -0.1) is 0 Å². The molecule has 0 radical (unpaired) electrons. The first kappa shape index (κ1) is 23.7. The molecule has 2 aromatic carbocycles.